The highest BCUT2D eigenvalue weighted by Gasteiger charge is 2.43. The summed E-state index contributed by atoms with van der Waals surface area (Å²) in [4.78, 5) is 0. The predicted molar refractivity (Wildman–Crippen MR) is 108 cm³/mol. The number of hydrogen-bond acceptors (Lipinski definition) is 9. The Hall–Kier alpha value is 1.10. The molecule has 4 atom stereocenters. The SMILES string of the molecule is [O]N1CC2CSC3SC(=C4SC5=C(OCCO5)S4)SC3SCC2C1. The van der Waals surface area contributed by atoms with E-state index in [1.54, 1.807) is 23.5 Å². The Bertz CT molecular complexity index is 553. The van der Waals surface area contributed by atoms with Gasteiger partial charge in [-0.15, -0.1) is 52.3 Å². The summed E-state index contributed by atoms with van der Waals surface area (Å²) in [5.41, 5.74) is 0. The maximum atomic E-state index is 11.7. The summed E-state index contributed by atoms with van der Waals surface area (Å²) >= 11 is 11.6. The first kappa shape index (κ1) is 17.2. The van der Waals surface area contributed by atoms with Gasteiger partial charge in [-0.2, -0.15) is 5.06 Å². The average molecular weight is 439 g/mol. The van der Waals surface area contributed by atoms with Gasteiger partial charge >= 0.3 is 0 Å². The number of hydroxylamine groups is 2. The maximum absolute atomic E-state index is 11.7. The number of thioether (sulfide) groups is 6. The highest BCUT2D eigenvalue weighted by atomic mass is 32.3. The van der Waals surface area contributed by atoms with Crippen molar-refractivity contribution in [3.63, 3.8) is 0 Å². The molecular weight excluding hydrogens is 423 g/mol. The van der Waals surface area contributed by atoms with Crippen molar-refractivity contribution < 1.29 is 14.7 Å². The van der Waals surface area contributed by atoms with Crippen LogP contribution in [0.4, 0.5) is 0 Å². The minimum absolute atomic E-state index is 0.578. The third-order valence-corrected chi connectivity index (χ3v) is 14.3. The summed E-state index contributed by atoms with van der Waals surface area (Å²) in [5.74, 6) is 3.41. The molecule has 0 aromatic carbocycles. The van der Waals surface area contributed by atoms with Crippen LogP contribution in [-0.4, -0.2) is 52.0 Å². The molecule has 0 aromatic heterocycles. The predicted octanol–water partition coefficient (Wildman–Crippen LogP) is 4.27. The smallest absolute Gasteiger partial charge is 0.208 e. The van der Waals surface area contributed by atoms with Crippen LogP contribution >= 0.6 is 70.6 Å². The van der Waals surface area contributed by atoms with Crippen molar-refractivity contribution in [3.05, 3.63) is 18.7 Å². The summed E-state index contributed by atoms with van der Waals surface area (Å²) in [5, 5.41) is 14.8. The fourth-order valence-electron chi connectivity index (χ4n) is 3.18. The molecule has 5 aliphatic rings. The molecule has 5 aliphatic heterocycles. The quantitative estimate of drug-likeness (QED) is 0.551. The van der Waals surface area contributed by atoms with E-state index < -0.39 is 0 Å². The van der Waals surface area contributed by atoms with Gasteiger partial charge in [0, 0.05) is 13.1 Å². The van der Waals surface area contributed by atoms with Crippen LogP contribution in [0.2, 0.25) is 0 Å². The number of rotatable bonds is 0. The van der Waals surface area contributed by atoms with Gasteiger partial charge in [-0.1, -0.05) is 0 Å². The Labute approximate surface area is 167 Å². The first-order valence-corrected chi connectivity index (χ1v) is 13.3. The van der Waals surface area contributed by atoms with E-state index >= 15 is 0 Å². The molecule has 0 bridgehead atoms. The second kappa shape index (κ2) is 7.26. The zero-order chi connectivity index (χ0) is 16.1. The third-order valence-electron chi connectivity index (χ3n) is 4.41. The molecule has 5 heterocycles. The van der Waals surface area contributed by atoms with Gasteiger partial charge < -0.3 is 9.47 Å². The molecule has 0 aliphatic carbocycles. The summed E-state index contributed by atoms with van der Waals surface area (Å²) in [7, 11) is 0. The third kappa shape index (κ3) is 3.34. The minimum Gasteiger partial charge on any atom is -0.480 e. The average Bonchev–Trinajstić information content (AvgIpc) is 3.25. The number of nitrogens with zero attached hydrogens (tertiary/aromatic N) is 1. The lowest BCUT2D eigenvalue weighted by atomic mass is 10.0. The zero-order valence-electron chi connectivity index (χ0n) is 12.7. The molecule has 3 saturated heterocycles. The van der Waals surface area contributed by atoms with E-state index in [9.17, 15) is 5.21 Å². The standard InChI is InChI=1S/C14H16NO3S6/c16-15-3-7-5-19-11-12(20-6-8(7)4-15)24-14(23-11)13-21-9-10(22-13)18-2-1-17-9/h7-8,11-12H,1-6H2. The van der Waals surface area contributed by atoms with Gasteiger partial charge in [0.15, 0.2) is 0 Å². The fraction of sp³-hybridized carbons (Fsp3) is 0.714. The van der Waals surface area contributed by atoms with E-state index in [-0.39, 0.29) is 0 Å². The monoisotopic (exact) mass is 438 g/mol. The van der Waals surface area contributed by atoms with Crippen LogP contribution in [0.25, 0.3) is 0 Å². The molecule has 0 spiro atoms. The van der Waals surface area contributed by atoms with E-state index in [2.05, 4.69) is 23.5 Å². The van der Waals surface area contributed by atoms with Gasteiger partial charge in [0.05, 0.1) is 17.6 Å². The van der Waals surface area contributed by atoms with Crippen molar-refractivity contribution in [2.45, 2.75) is 9.16 Å². The van der Waals surface area contributed by atoms with Crippen LogP contribution in [0.15, 0.2) is 18.7 Å². The molecule has 131 valence electrons. The van der Waals surface area contributed by atoms with Gasteiger partial charge in [0.25, 0.3) is 0 Å². The zero-order valence-corrected chi connectivity index (χ0v) is 17.6. The molecule has 1 radical (unpaired) electrons. The molecule has 4 unspecified atom stereocenters. The summed E-state index contributed by atoms with van der Waals surface area (Å²) < 4.78 is 15.4. The van der Waals surface area contributed by atoms with Gasteiger partial charge in [-0.3, -0.25) is 0 Å². The lowest BCUT2D eigenvalue weighted by Gasteiger charge is -2.26. The molecular formula is C14H16NO3S6. The lowest BCUT2D eigenvalue weighted by Crippen LogP contribution is -2.24. The summed E-state index contributed by atoms with van der Waals surface area (Å²) in [6.07, 6.45) is 0. The molecule has 0 aromatic rings. The van der Waals surface area contributed by atoms with Crippen molar-refractivity contribution in [1.29, 1.82) is 0 Å². The number of ether oxygens (including phenoxy) is 2. The molecule has 0 saturated carbocycles. The highest BCUT2D eigenvalue weighted by Crippen LogP contribution is 2.63. The van der Waals surface area contributed by atoms with E-state index in [4.69, 9.17) is 9.47 Å². The van der Waals surface area contributed by atoms with E-state index in [0.29, 0.717) is 34.2 Å². The van der Waals surface area contributed by atoms with Gasteiger partial charge in [-0.05, 0) is 46.9 Å². The Kier molecular flexibility index (Phi) is 5.20. The van der Waals surface area contributed by atoms with Gasteiger partial charge in [-0.25, -0.2) is 0 Å². The molecule has 24 heavy (non-hydrogen) atoms. The van der Waals surface area contributed by atoms with E-state index in [1.807, 2.05) is 23.5 Å². The largest absolute Gasteiger partial charge is 0.480 e. The van der Waals surface area contributed by atoms with Gasteiger partial charge in [0.2, 0.25) is 10.2 Å². The summed E-state index contributed by atoms with van der Waals surface area (Å²) in [6, 6.07) is 0. The minimum atomic E-state index is 0.578. The van der Waals surface area contributed by atoms with Crippen LogP contribution in [0.5, 0.6) is 0 Å². The van der Waals surface area contributed by atoms with E-state index in [1.165, 1.54) is 13.5 Å². The van der Waals surface area contributed by atoms with Crippen LogP contribution < -0.4 is 0 Å². The fourth-order valence-corrected chi connectivity index (χ4v) is 13.4. The highest BCUT2D eigenvalue weighted by molar-refractivity contribution is 8.39. The first-order valence-electron chi connectivity index (χ1n) is 7.85. The first-order chi connectivity index (χ1) is 11.8. The summed E-state index contributed by atoms with van der Waals surface area (Å²) in [6.45, 7) is 2.79. The molecule has 0 N–H and O–H groups in total. The van der Waals surface area contributed by atoms with Crippen molar-refractivity contribution >= 4 is 70.6 Å². The van der Waals surface area contributed by atoms with E-state index in [0.717, 1.165) is 34.8 Å². The number of fused-ring (bicyclic) bond motifs is 2. The van der Waals surface area contributed by atoms with Crippen molar-refractivity contribution in [1.82, 2.24) is 5.06 Å². The molecule has 5 rings (SSSR count). The van der Waals surface area contributed by atoms with Crippen LogP contribution in [0.3, 0.4) is 0 Å². The Balaban J connectivity index is 1.28. The second-order valence-electron chi connectivity index (χ2n) is 6.06. The van der Waals surface area contributed by atoms with Gasteiger partial charge in [0.1, 0.15) is 13.2 Å². The molecule has 4 nitrogen and oxygen atoms in total. The molecule has 0 amide bonds. The Morgan fingerprint density at radius 1 is 0.833 bits per heavy atom. The molecule has 10 heteroatoms. The Morgan fingerprint density at radius 3 is 1.92 bits per heavy atom. The Morgan fingerprint density at radius 2 is 1.38 bits per heavy atom. The van der Waals surface area contributed by atoms with Crippen molar-refractivity contribution in [3.8, 4) is 0 Å². The van der Waals surface area contributed by atoms with Crippen LogP contribution in [0.1, 0.15) is 0 Å². The van der Waals surface area contributed by atoms with Crippen LogP contribution in [0, 0.1) is 11.8 Å². The van der Waals surface area contributed by atoms with Crippen molar-refractivity contribution in [2.24, 2.45) is 11.8 Å². The topological polar surface area (TPSA) is 41.6 Å². The normalized spacial score (nSPS) is 39.7. The lowest BCUT2D eigenvalue weighted by molar-refractivity contribution is -0.141. The van der Waals surface area contributed by atoms with Crippen LogP contribution in [-0.2, 0) is 14.7 Å². The van der Waals surface area contributed by atoms with Crippen molar-refractivity contribution in [2.75, 3.05) is 37.8 Å². The molecule has 3 fully saturated rings. The maximum Gasteiger partial charge on any atom is 0.208 e. The second-order valence-corrected chi connectivity index (χ2v) is 13.8. The number of hydrogen-bond donors (Lipinski definition) is 0.